The summed E-state index contributed by atoms with van der Waals surface area (Å²) < 4.78 is 1.59. The first-order chi connectivity index (χ1) is 11.1. The second kappa shape index (κ2) is 6.38. The zero-order valence-electron chi connectivity index (χ0n) is 13.5. The first kappa shape index (κ1) is 15.5. The van der Waals surface area contributed by atoms with E-state index < -0.39 is 0 Å². The van der Waals surface area contributed by atoms with E-state index in [0.29, 0.717) is 11.1 Å². The number of benzene rings is 1. The standard InChI is InChI=1S/C18H21N3O2/c1-13-11-16(12-20(2)17(13)22)14-3-5-15(6-4-14)18(23)21-9-7-19-8-10-21/h3-6,11-12,19H,7-10H2,1-2H3. The second-order valence-electron chi connectivity index (χ2n) is 5.95. The molecule has 1 aliphatic heterocycles. The molecule has 1 aromatic carbocycles. The van der Waals surface area contributed by atoms with Gasteiger partial charge in [-0.05, 0) is 36.2 Å². The molecular weight excluding hydrogens is 290 g/mol. The molecular formula is C18H21N3O2. The summed E-state index contributed by atoms with van der Waals surface area (Å²) in [6, 6.07) is 9.49. The smallest absolute Gasteiger partial charge is 0.253 e. The Morgan fingerprint density at radius 2 is 1.74 bits per heavy atom. The quantitative estimate of drug-likeness (QED) is 0.912. The fourth-order valence-electron chi connectivity index (χ4n) is 2.89. The molecule has 2 heterocycles. The van der Waals surface area contributed by atoms with Gasteiger partial charge in [-0.2, -0.15) is 0 Å². The number of aryl methyl sites for hydroxylation is 2. The van der Waals surface area contributed by atoms with Gasteiger partial charge >= 0.3 is 0 Å². The van der Waals surface area contributed by atoms with Gasteiger partial charge in [0.25, 0.3) is 11.5 Å². The van der Waals surface area contributed by atoms with Gasteiger partial charge in [-0.25, -0.2) is 0 Å². The van der Waals surface area contributed by atoms with Crippen molar-refractivity contribution in [1.82, 2.24) is 14.8 Å². The number of nitrogens with zero attached hydrogens (tertiary/aromatic N) is 2. The highest BCUT2D eigenvalue weighted by Gasteiger charge is 2.17. The van der Waals surface area contributed by atoms with Crippen molar-refractivity contribution in [2.75, 3.05) is 26.2 Å². The number of piperazine rings is 1. The highest BCUT2D eigenvalue weighted by atomic mass is 16.2. The monoisotopic (exact) mass is 311 g/mol. The van der Waals surface area contributed by atoms with Crippen molar-refractivity contribution in [1.29, 1.82) is 0 Å². The second-order valence-corrected chi connectivity index (χ2v) is 5.95. The summed E-state index contributed by atoms with van der Waals surface area (Å²) in [6.07, 6.45) is 1.82. The van der Waals surface area contributed by atoms with E-state index in [4.69, 9.17) is 0 Å². The van der Waals surface area contributed by atoms with Crippen LogP contribution in [0.5, 0.6) is 0 Å². The summed E-state index contributed by atoms with van der Waals surface area (Å²) in [7, 11) is 1.75. The van der Waals surface area contributed by atoms with Crippen LogP contribution in [0, 0.1) is 6.92 Å². The summed E-state index contributed by atoms with van der Waals surface area (Å²) in [4.78, 5) is 26.1. The molecule has 2 aromatic rings. The molecule has 23 heavy (non-hydrogen) atoms. The molecule has 1 saturated heterocycles. The molecule has 0 aliphatic carbocycles. The maximum Gasteiger partial charge on any atom is 0.253 e. The van der Waals surface area contributed by atoms with Crippen LogP contribution >= 0.6 is 0 Å². The summed E-state index contributed by atoms with van der Waals surface area (Å²) in [5.41, 5.74) is 3.41. The van der Waals surface area contributed by atoms with E-state index in [1.807, 2.05) is 48.4 Å². The topological polar surface area (TPSA) is 54.3 Å². The lowest BCUT2D eigenvalue weighted by Gasteiger charge is -2.27. The Kier molecular flexibility index (Phi) is 4.30. The number of hydrogen-bond acceptors (Lipinski definition) is 3. The lowest BCUT2D eigenvalue weighted by molar-refractivity contribution is 0.0736. The van der Waals surface area contributed by atoms with Gasteiger partial charge in [-0.1, -0.05) is 12.1 Å². The van der Waals surface area contributed by atoms with Crippen molar-refractivity contribution in [3.8, 4) is 11.1 Å². The molecule has 0 spiro atoms. The van der Waals surface area contributed by atoms with Gasteiger partial charge in [0, 0.05) is 50.6 Å². The molecule has 3 rings (SSSR count). The number of hydrogen-bond donors (Lipinski definition) is 1. The Labute approximate surface area is 135 Å². The fraction of sp³-hybridized carbons (Fsp3) is 0.333. The molecule has 1 N–H and O–H groups in total. The molecule has 5 heteroatoms. The van der Waals surface area contributed by atoms with Crippen molar-refractivity contribution < 1.29 is 4.79 Å². The van der Waals surface area contributed by atoms with E-state index in [0.717, 1.165) is 37.3 Å². The zero-order chi connectivity index (χ0) is 16.4. The zero-order valence-corrected chi connectivity index (χ0v) is 13.5. The average molecular weight is 311 g/mol. The lowest BCUT2D eigenvalue weighted by atomic mass is 10.0. The number of carbonyl (C=O) groups is 1. The number of pyridine rings is 1. The predicted octanol–water partition coefficient (Wildman–Crippen LogP) is 1.41. The minimum absolute atomic E-state index is 0.0132. The normalized spacial score (nSPS) is 14.8. The van der Waals surface area contributed by atoms with Crippen LogP contribution in [0.4, 0.5) is 0 Å². The third-order valence-electron chi connectivity index (χ3n) is 4.23. The SMILES string of the molecule is Cc1cc(-c2ccc(C(=O)N3CCNCC3)cc2)cn(C)c1=O. The first-order valence-corrected chi connectivity index (χ1v) is 7.84. The molecule has 0 saturated carbocycles. The third-order valence-corrected chi connectivity index (χ3v) is 4.23. The number of carbonyl (C=O) groups excluding carboxylic acids is 1. The van der Waals surface area contributed by atoms with Gasteiger partial charge in [0.2, 0.25) is 0 Å². The molecule has 0 unspecified atom stereocenters. The lowest BCUT2D eigenvalue weighted by Crippen LogP contribution is -2.46. The van der Waals surface area contributed by atoms with E-state index in [2.05, 4.69) is 5.32 Å². The molecule has 1 aliphatic rings. The van der Waals surface area contributed by atoms with E-state index in [1.54, 1.807) is 11.6 Å². The molecule has 1 aromatic heterocycles. The van der Waals surface area contributed by atoms with Crippen molar-refractivity contribution >= 4 is 5.91 Å². The predicted molar refractivity (Wildman–Crippen MR) is 90.6 cm³/mol. The van der Waals surface area contributed by atoms with Gasteiger partial charge in [0.15, 0.2) is 0 Å². The minimum Gasteiger partial charge on any atom is -0.336 e. The number of aromatic nitrogens is 1. The summed E-state index contributed by atoms with van der Waals surface area (Å²) in [5, 5.41) is 3.25. The van der Waals surface area contributed by atoms with Crippen molar-refractivity contribution in [2.24, 2.45) is 7.05 Å². The van der Waals surface area contributed by atoms with Crippen LogP contribution in [0.15, 0.2) is 41.3 Å². The number of amides is 1. The molecule has 0 radical (unpaired) electrons. The van der Waals surface area contributed by atoms with E-state index >= 15 is 0 Å². The minimum atomic E-state index is 0.0132. The van der Waals surface area contributed by atoms with Crippen molar-refractivity contribution in [3.63, 3.8) is 0 Å². The van der Waals surface area contributed by atoms with Gasteiger partial charge in [-0.3, -0.25) is 9.59 Å². The molecule has 0 bridgehead atoms. The van der Waals surface area contributed by atoms with Crippen molar-refractivity contribution in [3.05, 3.63) is 58.0 Å². The Bertz CT molecular complexity index is 746. The maximum absolute atomic E-state index is 12.5. The van der Waals surface area contributed by atoms with E-state index in [-0.39, 0.29) is 11.5 Å². The van der Waals surface area contributed by atoms with Crippen LogP contribution in [0.2, 0.25) is 0 Å². The highest BCUT2D eigenvalue weighted by Crippen LogP contribution is 2.20. The fourth-order valence-corrected chi connectivity index (χ4v) is 2.89. The van der Waals surface area contributed by atoms with Crippen LogP contribution in [0.3, 0.4) is 0 Å². The number of rotatable bonds is 2. The Balaban J connectivity index is 1.84. The van der Waals surface area contributed by atoms with Gasteiger partial charge < -0.3 is 14.8 Å². The first-order valence-electron chi connectivity index (χ1n) is 7.84. The number of nitrogens with one attached hydrogen (secondary N) is 1. The van der Waals surface area contributed by atoms with Crippen LogP contribution in [-0.2, 0) is 7.05 Å². The van der Waals surface area contributed by atoms with E-state index in [9.17, 15) is 9.59 Å². The summed E-state index contributed by atoms with van der Waals surface area (Å²) in [5.74, 6) is 0.0784. The van der Waals surface area contributed by atoms with E-state index in [1.165, 1.54) is 0 Å². The van der Waals surface area contributed by atoms with Gasteiger partial charge in [-0.15, -0.1) is 0 Å². The summed E-state index contributed by atoms with van der Waals surface area (Å²) in [6.45, 7) is 5.01. The molecule has 0 atom stereocenters. The van der Waals surface area contributed by atoms with Crippen LogP contribution in [0.25, 0.3) is 11.1 Å². The van der Waals surface area contributed by atoms with Gasteiger partial charge in [0.05, 0.1) is 0 Å². The average Bonchev–Trinajstić information content (AvgIpc) is 2.59. The maximum atomic E-state index is 12.5. The molecule has 1 fully saturated rings. The molecule has 5 nitrogen and oxygen atoms in total. The Morgan fingerprint density at radius 3 is 2.35 bits per heavy atom. The summed E-state index contributed by atoms with van der Waals surface area (Å²) >= 11 is 0. The van der Waals surface area contributed by atoms with Gasteiger partial charge in [0.1, 0.15) is 0 Å². The Morgan fingerprint density at radius 1 is 1.09 bits per heavy atom. The van der Waals surface area contributed by atoms with Crippen LogP contribution in [-0.4, -0.2) is 41.6 Å². The molecule has 1 amide bonds. The highest BCUT2D eigenvalue weighted by molar-refractivity contribution is 5.94. The largest absolute Gasteiger partial charge is 0.336 e. The van der Waals surface area contributed by atoms with Crippen molar-refractivity contribution in [2.45, 2.75) is 6.92 Å². The Hall–Kier alpha value is -2.40. The molecule has 120 valence electrons. The van der Waals surface area contributed by atoms with Crippen LogP contribution in [0.1, 0.15) is 15.9 Å². The third kappa shape index (κ3) is 3.19. The van der Waals surface area contributed by atoms with Crippen LogP contribution < -0.4 is 10.9 Å².